The maximum atomic E-state index is 12.0. The van der Waals surface area contributed by atoms with Gasteiger partial charge in [0.2, 0.25) is 0 Å². The molecule has 0 bridgehead atoms. The van der Waals surface area contributed by atoms with E-state index in [4.69, 9.17) is 16.3 Å². The number of carboxylic acids is 1. The van der Waals surface area contributed by atoms with Crippen LogP contribution in [0.15, 0.2) is 0 Å². The molecule has 0 heterocycles. The molecule has 2 amide bonds. The fourth-order valence-electron chi connectivity index (χ4n) is 1.67. The van der Waals surface area contributed by atoms with E-state index in [0.717, 1.165) is 12.8 Å². The Morgan fingerprint density at radius 2 is 2.26 bits per heavy atom. The molecule has 1 rings (SSSR count). The number of nitrogens with zero attached hydrogens (tertiary/aromatic N) is 1. The van der Waals surface area contributed by atoms with Crippen molar-refractivity contribution in [2.45, 2.75) is 25.3 Å². The molecule has 0 aliphatic heterocycles. The van der Waals surface area contributed by atoms with E-state index in [1.54, 1.807) is 0 Å². The number of amides is 2. The molecule has 1 aliphatic rings. The summed E-state index contributed by atoms with van der Waals surface area (Å²) in [5.74, 6) is 1.85. The molecule has 6 nitrogen and oxygen atoms in total. The van der Waals surface area contributed by atoms with Gasteiger partial charge in [-0.2, -0.15) is 0 Å². The van der Waals surface area contributed by atoms with Crippen molar-refractivity contribution in [2.24, 2.45) is 5.92 Å². The smallest absolute Gasteiger partial charge is 0.326 e. The van der Waals surface area contributed by atoms with Gasteiger partial charge in [0.1, 0.15) is 6.04 Å². The van der Waals surface area contributed by atoms with Crippen molar-refractivity contribution in [2.75, 3.05) is 26.8 Å². The maximum Gasteiger partial charge on any atom is 0.326 e. The summed E-state index contributed by atoms with van der Waals surface area (Å²) in [5.41, 5.74) is 0. The van der Waals surface area contributed by atoms with Gasteiger partial charge in [-0.1, -0.05) is 5.92 Å². The predicted molar refractivity (Wildman–Crippen MR) is 69.6 cm³/mol. The number of methoxy groups -OCH3 is 1. The number of terminal acetylenes is 1. The summed E-state index contributed by atoms with van der Waals surface area (Å²) in [4.78, 5) is 24.5. The third kappa shape index (κ3) is 5.62. The molecule has 6 heteroatoms. The number of aliphatic carboxylic acids is 1. The molecule has 0 saturated heterocycles. The highest BCUT2D eigenvalue weighted by atomic mass is 16.5. The van der Waals surface area contributed by atoms with Crippen LogP contribution in [-0.2, 0) is 9.53 Å². The van der Waals surface area contributed by atoms with Crippen LogP contribution >= 0.6 is 0 Å². The fourth-order valence-corrected chi connectivity index (χ4v) is 1.67. The Labute approximate surface area is 113 Å². The molecule has 0 aromatic carbocycles. The Kier molecular flexibility index (Phi) is 6.16. The summed E-state index contributed by atoms with van der Waals surface area (Å²) in [7, 11) is 1.48. The highest BCUT2D eigenvalue weighted by molar-refractivity contribution is 5.82. The minimum atomic E-state index is -1.07. The van der Waals surface area contributed by atoms with Crippen molar-refractivity contribution in [3.05, 3.63) is 0 Å². The van der Waals surface area contributed by atoms with Crippen molar-refractivity contribution in [3.8, 4) is 12.3 Å². The van der Waals surface area contributed by atoms with Crippen LogP contribution in [0.2, 0.25) is 0 Å². The third-order valence-electron chi connectivity index (χ3n) is 2.95. The van der Waals surface area contributed by atoms with E-state index in [1.807, 2.05) is 0 Å². The zero-order valence-corrected chi connectivity index (χ0v) is 11.1. The van der Waals surface area contributed by atoms with Crippen LogP contribution in [0.3, 0.4) is 0 Å². The van der Waals surface area contributed by atoms with Crippen LogP contribution in [0, 0.1) is 18.3 Å². The Hall–Kier alpha value is -1.74. The predicted octanol–water partition coefficient (Wildman–Crippen LogP) is 0.531. The van der Waals surface area contributed by atoms with Crippen LogP contribution < -0.4 is 5.32 Å². The average molecular weight is 268 g/mol. The third-order valence-corrected chi connectivity index (χ3v) is 2.95. The molecule has 0 spiro atoms. The fraction of sp³-hybridized carbons (Fsp3) is 0.692. The molecule has 19 heavy (non-hydrogen) atoms. The summed E-state index contributed by atoms with van der Waals surface area (Å²) >= 11 is 0. The first-order valence-electron chi connectivity index (χ1n) is 6.29. The van der Waals surface area contributed by atoms with Gasteiger partial charge in [-0.15, -0.1) is 6.42 Å². The minimum Gasteiger partial charge on any atom is -0.480 e. The van der Waals surface area contributed by atoms with Gasteiger partial charge in [-0.3, -0.25) is 0 Å². The van der Waals surface area contributed by atoms with Crippen LogP contribution in [0.25, 0.3) is 0 Å². The molecule has 0 aromatic heterocycles. The minimum absolute atomic E-state index is 0.193. The number of nitrogens with one attached hydrogen (secondary N) is 1. The second-order valence-corrected chi connectivity index (χ2v) is 4.65. The normalized spacial score (nSPS) is 15.4. The average Bonchev–Trinajstić information content (AvgIpc) is 3.17. The summed E-state index contributed by atoms with van der Waals surface area (Å²) in [6.07, 6.45) is 7.65. The number of rotatable bonds is 8. The Bertz CT molecular complexity index is 360. The monoisotopic (exact) mass is 268 g/mol. The van der Waals surface area contributed by atoms with Crippen LogP contribution in [-0.4, -0.2) is 54.9 Å². The first-order chi connectivity index (χ1) is 9.08. The molecule has 1 unspecified atom stereocenters. The zero-order chi connectivity index (χ0) is 14.3. The number of urea groups is 1. The van der Waals surface area contributed by atoms with E-state index in [0.29, 0.717) is 12.5 Å². The van der Waals surface area contributed by atoms with E-state index >= 15 is 0 Å². The highest BCUT2D eigenvalue weighted by Crippen LogP contribution is 2.29. The van der Waals surface area contributed by atoms with E-state index in [1.165, 1.54) is 12.0 Å². The number of hydrogen-bond donors (Lipinski definition) is 2. The Balaban J connectivity index is 2.51. The first kappa shape index (κ1) is 15.3. The van der Waals surface area contributed by atoms with Crippen molar-refractivity contribution in [1.29, 1.82) is 0 Å². The molecular weight excluding hydrogens is 248 g/mol. The van der Waals surface area contributed by atoms with Crippen molar-refractivity contribution in [3.63, 3.8) is 0 Å². The van der Waals surface area contributed by atoms with E-state index < -0.39 is 18.0 Å². The number of carbonyl (C=O) groups is 2. The number of carbonyl (C=O) groups excluding carboxylic acids is 1. The second-order valence-electron chi connectivity index (χ2n) is 4.65. The SMILES string of the molecule is C#CCN(CC1CC1)C(=O)NC(CCOC)C(=O)O. The van der Waals surface area contributed by atoms with Crippen molar-refractivity contribution >= 4 is 12.0 Å². The van der Waals surface area contributed by atoms with Gasteiger partial charge in [0.05, 0.1) is 6.54 Å². The van der Waals surface area contributed by atoms with Crippen LogP contribution in [0.1, 0.15) is 19.3 Å². The summed E-state index contributed by atoms with van der Waals surface area (Å²) in [6.45, 7) is 1.06. The quantitative estimate of drug-likeness (QED) is 0.629. The maximum absolute atomic E-state index is 12.0. The number of carboxylic acid groups (broad SMARTS) is 1. The zero-order valence-electron chi connectivity index (χ0n) is 11.1. The molecule has 1 saturated carbocycles. The van der Waals surface area contributed by atoms with Crippen molar-refractivity contribution < 1.29 is 19.4 Å². The second kappa shape index (κ2) is 7.64. The number of ether oxygens (including phenoxy) is 1. The molecule has 0 aromatic rings. The van der Waals surface area contributed by atoms with E-state index in [-0.39, 0.29) is 19.6 Å². The molecule has 1 fully saturated rings. The molecule has 2 N–H and O–H groups in total. The highest BCUT2D eigenvalue weighted by Gasteiger charge is 2.28. The van der Waals surface area contributed by atoms with Gasteiger partial charge in [-0.25, -0.2) is 9.59 Å². The van der Waals surface area contributed by atoms with Gasteiger partial charge in [0.25, 0.3) is 0 Å². The van der Waals surface area contributed by atoms with E-state index in [9.17, 15) is 9.59 Å². The van der Waals surface area contributed by atoms with Gasteiger partial charge >= 0.3 is 12.0 Å². The summed E-state index contributed by atoms with van der Waals surface area (Å²) in [6, 6.07) is -1.37. The first-order valence-corrected chi connectivity index (χ1v) is 6.29. The molecule has 1 atom stereocenters. The Morgan fingerprint density at radius 3 is 2.74 bits per heavy atom. The molecule has 106 valence electrons. The lowest BCUT2D eigenvalue weighted by Gasteiger charge is -2.23. The summed E-state index contributed by atoms with van der Waals surface area (Å²) in [5, 5.41) is 11.5. The van der Waals surface area contributed by atoms with Crippen molar-refractivity contribution in [1.82, 2.24) is 10.2 Å². The standard InChI is InChI=1S/C13H20N2O4/c1-3-7-15(9-10-4-5-10)13(18)14-11(12(16)17)6-8-19-2/h1,10-11H,4-9H2,2H3,(H,14,18)(H,16,17). The molecule has 1 aliphatic carbocycles. The molecule has 0 radical (unpaired) electrons. The van der Waals surface area contributed by atoms with Gasteiger partial charge in [-0.05, 0) is 18.8 Å². The van der Waals surface area contributed by atoms with Crippen LogP contribution in [0.4, 0.5) is 4.79 Å². The summed E-state index contributed by atoms with van der Waals surface area (Å²) < 4.78 is 4.83. The lowest BCUT2D eigenvalue weighted by atomic mass is 10.2. The Morgan fingerprint density at radius 1 is 1.58 bits per heavy atom. The van der Waals surface area contributed by atoms with Crippen LogP contribution in [0.5, 0.6) is 0 Å². The van der Waals surface area contributed by atoms with Gasteiger partial charge in [0, 0.05) is 26.7 Å². The lowest BCUT2D eigenvalue weighted by molar-refractivity contribution is -0.139. The topological polar surface area (TPSA) is 78.9 Å². The van der Waals surface area contributed by atoms with Gasteiger partial charge in [0.15, 0.2) is 0 Å². The lowest BCUT2D eigenvalue weighted by Crippen LogP contribution is -2.49. The molecular formula is C13H20N2O4. The largest absolute Gasteiger partial charge is 0.480 e. The van der Waals surface area contributed by atoms with E-state index in [2.05, 4.69) is 11.2 Å². The number of hydrogen-bond acceptors (Lipinski definition) is 3. The van der Waals surface area contributed by atoms with Gasteiger partial charge < -0.3 is 20.1 Å².